The Morgan fingerprint density at radius 3 is 2.58 bits per heavy atom. The van der Waals surface area contributed by atoms with Gasteiger partial charge in [-0.15, -0.1) is 0 Å². The Hall–Kier alpha value is -1.68. The molecule has 19 heavy (non-hydrogen) atoms. The zero-order valence-electron chi connectivity index (χ0n) is 11.4. The van der Waals surface area contributed by atoms with Crippen molar-refractivity contribution in [2.75, 3.05) is 0 Å². The molecule has 1 aliphatic heterocycles. The lowest BCUT2D eigenvalue weighted by molar-refractivity contribution is -0.181. The first-order chi connectivity index (χ1) is 8.83. The number of hydrogen-bond acceptors (Lipinski definition) is 4. The SMILES string of the molecule is CC1=C2C(=O)/C=C(/C)CC/C=C(\C)C[C@@]2(O)OC1=O. The van der Waals surface area contributed by atoms with E-state index in [0.717, 1.165) is 24.0 Å². The number of esters is 1. The molecule has 4 heteroatoms. The summed E-state index contributed by atoms with van der Waals surface area (Å²) in [5, 5.41) is 10.5. The first-order valence-corrected chi connectivity index (χ1v) is 6.38. The van der Waals surface area contributed by atoms with E-state index in [-0.39, 0.29) is 23.4 Å². The summed E-state index contributed by atoms with van der Waals surface area (Å²) >= 11 is 0. The standard InChI is InChI=1S/C15H18O4/c1-9-5-4-6-10(2)8-15(18)13(12(16)7-9)11(3)14(17)19-15/h6-7,18H,4-5,8H2,1-3H3/b9-7-,10-6+/t15-/m1/s1. The molecule has 0 saturated carbocycles. The third-order valence-corrected chi connectivity index (χ3v) is 3.51. The predicted octanol–water partition coefficient (Wildman–Crippen LogP) is 2.19. The number of allylic oxidation sites excluding steroid dienone is 3. The summed E-state index contributed by atoms with van der Waals surface area (Å²) in [6.45, 7) is 5.25. The first kappa shape index (κ1) is 13.7. The Balaban J connectivity index is 2.54. The van der Waals surface area contributed by atoms with Crippen molar-refractivity contribution in [2.24, 2.45) is 0 Å². The van der Waals surface area contributed by atoms with Crippen LogP contribution >= 0.6 is 0 Å². The summed E-state index contributed by atoms with van der Waals surface area (Å²) in [7, 11) is 0. The summed E-state index contributed by atoms with van der Waals surface area (Å²) in [5.74, 6) is -2.77. The van der Waals surface area contributed by atoms with Crippen LogP contribution in [-0.4, -0.2) is 22.6 Å². The maximum absolute atomic E-state index is 12.2. The highest BCUT2D eigenvalue weighted by Gasteiger charge is 2.47. The fourth-order valence-corrected chi connectivity index (χ4v) is 2.54. The quantitative estimate of drug-likeness (QED) is 0.537. The van der Waals surface area contributed by atoms with Gasteiger partial charge in [0.1, 0.15) is 0 Å². The number of rotatable bonds is 0. The second kappa shape index (κ2) is 4.78. The van der Waals surface area contributed by atoms with Crippen LogP contribution in [0.3, 0.4) is 0 Å². The molecule has 1 atom stereocenters. The number of aliphatic hydroxyl groups is 1. The minimum atomic E-state index is -1.81. The van der Waals surface area contributed by atoms with E-state index in [1.807, 2.05) is 19.9 Å². The Bertz CT molecular complexity index is 536. The topological polar surface area (TPSA) is 63.6 Å². The maximum Gasteiger partial charge on any atom is 0.337 e. The smallest absolute Gasteiger partial charge is 0.337 e. The van der Waals surface area contributed by atoms with E-state index < -0.39 is 11.8 Å². The van der Waals surface area contributed by atoms with Gasteiger partial charge in [0.15, 0.2) is 5.78 Å². The first-order valence-electron chi connectivity index (χ1n) is 6.38. The fourth-order valence-electron chi connectivity index (χ4n) is 2.54. The highest BCUT2D eigenvalue weighted by atomic mass is 16.7. The predicted molar refractivity (Wildman–Crippen MR) is 70.1 cm³/mol. The van der Waals surface area contributed by atoms with Crippen molar-refractivity contribution in [3.8, 4) is 0 Å². The largest absolute Gasteiger partial charge is 0.425 e. The second-order valence-corrected chi connectivity index (χ2v) is 5.29. The third-order valence-electron chi connectivity index (χ3n) is 3.51. The highest BCUT2D eigenvalue weighted by molar-refractivity contribution is 6.12. The molecule has 0 saturated heterocycles. The van der Waals surface area contributed by atoms with E-state index in [2.05, 4.69) is 0 Å². The summed E-state index contributed by atoms with van der Waals surface area (Å²) in [4.78, 5) is 23.9. The molecule has 1 aliphatic carbocycles. The van der Waals surface area contributed by atoms with Gasteiger partial charge in [-0.3, -0.25) is 4.79 Å². The van der Waals surface area contributed by atoms with Crippen LogP contribution in [0.15, 0.2) is 34.4 Å². The monoisotopic (exact) mass is 262 g/mol. The molecule has 4 nitrogen and oxygen atoms in total. The Kier molecular flexibility index (Phi) is 3.45. The fraction of sp³-hybridized carbons (Fsp3) is 0.467. The van der Waals surface area contributed by atoms with E-state index in [4.69, 9.17) is 4.74 Å². The molecule has 0 unspecified atom stereocenters. The Morgan fingerprint density at radius 2 is 1.89 bits per heavy atom. The van der Waals surface area contributed by atoms with E-state index in [0.29, 0.717) is 0 Å². The van der Waals surface area contributed by atoms with Crippen molar-refractivity contribution in [3.63, 3.8) is 0 Å². The van der Waals surface area contributed by atoms with Gasteiger partial charge in [0, 0.05) is 12.0 Å². The third kappa shape index (κ3) is 2.54. The molecular formula is C15H18O4. The average molecular weight is 262 g/mol. The van der Waals surface area contributed by atoms with Crippen LogP contribution in [0.25, 0.3) is 0 Å². The molecule has 2 rings (SSSR count). The summed E-state index contributed by atoms with van der Waals surface area (Å²) in [6, 6.07) is 0. The zero-order chi connectivity index (χ0) is 14.2. The van der Waals surface area contributed by atoms with Crippen molar-refractivity contribution < 1.29 is 19.4 Å². The van der Waals surface area contributed by atoms with Gasteiger partial charge in [0.05, 0.1) is 5.57 Å². The van der Waals surface area contributed by atoms with Gasteiger partial charge in [0.2, 0.25) is 5.79 Å². The molecule has 0 fully saturated rings. The van der Waals surface area contributed by atoms with Crippen molar-refractivity contribution in [2.45, 2.75) is 45.8 Å². The number of ether oxygens (including phenoxy) is 1. The van der Waals surface area contributed by atoms with E-state index in [1.54, 1.807) is 0 Å². The highest BCUT2D eigenvalue weighted by Crippen LogP contribution is 2.37. The molecule has 0 amide bonds. The molecule has 0 spiro atoms. The van der Waals surface area contributed by atoms with Crippen molar-refractivity contribution in [3.05, 3.63) is 34.4 Å². The van der Waals surface area contributed by atoms with E-state index >= 15 is 0 Å². The number of ketones is 1. The van der Waals surface area contributed by atoms with E-state index in [1.165, 1.54) is 13.0 Å². The van der Waals surface area contributed by atoms with Crippen molar-refractivity contribution >= 4 is 11.8 Å². The normalized spacial score (nSPS) is 34.1. The molecule has 0 aromatic heterocycles. The van der Waals surface area contributed by atoms with Crippen LogP contribution in [0.2, 0.25) is 0 Å². The lowest BCUT2D eigenvalue weighted by Gasteiger charge is -2.25. The van der Waals surface area contributed by atoms with Crippen molar-refractivity contribution in [1.29, 1.82) is 0 Å². The van der Waals surface area contributed by atoms with Gasteiger partial charge in [-0.2, -0.15) is 0 Å². The average Bonchev–Trinajstić information content (AvgIpc) is 2.48. The molecule has 1 heterocycles. The van der Waals surface area contributed by atoms with Crippen LogP contribution in [0.1, 0.15) is 40.0 Å². The number of carbonyl (C=O) groups excluding carboxylic acids is 2. The van der Waals surface area contributed by atoms with Crippen molar-refractivity contribution in [1.82, 2.24) is 0 Å². The van der Waals surface area contributed by atoms with Gasteiger partial charge in [0.25, 0.3) is 0 Å². The minimum absolute atomic E-state index is 0.0755. The lowest BCUT2D eigenvalue weighted by atomic mass is 9.90. The second-order valence-electron chi connectivity index (χ2n) is 5.29. The lowest BCUT2D eigenvalue weighted by Crippen LogP contribution is -2.35. The van der Waals surface area contributed by atoms with Gasteiger partial charge in [-0.1, -0.05) is 17.2 Å². The molecule has 1 N–H and O–H groups in total. The van der Waals surface area contributed by atoms with Gasteiger partial charge in [-0.25, -0.2) is 4.79 Å². The van der Waals surface area contributed by atoms with E-state index in [9.17, 15) is 14.7 Å². The van der Waals surface area contributed by atoms with Crippen LogP contribution in [0.4, 0.5) is 0 Å². The summed E-state index contributed by atoms with van der Waals surface area (Å²) in [5.41, 5.74) is 2.11. The zero-order valence-corrected chi connectivity index (χ0v) is 11.4. The molecule has 102 valence electrons. The van der Waals surface area contributed by atoms with Crippen LogP contribution in [0, 0.1) is 0 Å². The number of carbonyl (C=O) groups is 2. The molecule has 0 aromatic rings. The Morgan fingerprint density at radius 1 is 1.21 bits per heavy atom. The number of hydrogen-bond donors (Lipinski definition) is 1. The molecular weight excluding hydrogens is 244 g/mol. The van der Waals surface area contributed by atoms with Crippen LogP contribution in [-0.2, 0) is 14.3 Å². The van der Waals surface area contributed by atoms with Gasteiger partial charge in [-0.05, 0) is 39.7 Å². The minimum Gasteiger partial charge on any atom is -0.425 e. The number of fused-ring (bicyclic) bond motifs is 1. The molecule has 0 aromatic carbocycles. The molecule has 0 bridgehead atoms. The van der Waals surface area contributed by atoms with Gasteiger partial charge >= 0.3 is 5.97 Å². The maximum atomic E-state index is 12.2. The molecule has 2 aliphatic rings. The van der Waals surface area contributed by atoms with Crippen LogP contribution < -0.4 is 0 Å². The summed E-state index contributed by atoms with van der Waals surface area (Å²) < 4.78 is 5.02. The van der Waals surface area contributed by atoms with Gasteiger partial charge < -0.3 is 9.84 Å². The van der Waals surface area contributed by atoms with Crippen LogP contribution in [0.5, 0.6) is 0 Å². The molecule has 0 radical (unpaired) electrons. The summed E-state index contributed by atoms with van der Waals surface area (Å²) in [6.07, 6.45) is 5.24. The Labute approximate surface area is 112 Å².